The molecule has 1 unspecified atom stereocenters. The van der Waals surface area contributed by atoms with Crippen LogP contribution in [0.3, 0.4) is 0 Å². The Labute approximate surface area is 121 Å². The number of hydrogen-bond donors (Lipinski definition) is 0. The first-order valence-electron chi connectivity index (χ1n) is 7.62. The maximum atomic E-state index is 9.66. The first kappa shape index (κ1) is 13.5. The quantitative estimate of drug-likeness (QED) is 0.764. The zero-order chi connectivity index (χ0) is 14.4. The van der Waals surface area contributed by atoms with Gasteiger partial charge >= 0.3 is 0 Å². The first-order chi connectivity index (χ1) is 9.53. The Morgan fingerprint density at radius 1 is 1.30 bits per heavy atom. The third-order valence-electron chi connectivity index (χ3n) is 5.82. The summed E-state index contributed by atoms with van der Waals surface area (Å²) in [6, 6.07) is 9.14. The molecule has 1 saturated carbocycles. The molecule has 0 aliphatic heterocycles. The number of ether oxygens (including phenoxy) is 1. The van der Waals surface area contributed by atoms with Gasteiger partial charge in [-0.1, -0.05) is 19.4 Å². The van der Waals surface area contributed by atoms with E-state index in [4.69, 9.17) is 4.74 Å². The van der Waals surface area contributed by atoms with Crippen LogP contribution in [0.25, 0.3) is 0 Å². The van der Waals surface area contributed by atoms with Gasteiger partial charge in [0.25, 0.3) is 0 Å². The second-order valence-electron chi connectivity index (χ2n) is 6.91. The van der Waals surface area contributed by atoms with Crippen LogP contribution in [0.15, 0.2) is 18.2 Å². The van der Waals surface area contributed by atoms with Crippen LogP contribution in [-0.4, -0.2) is 7.11 Å². The Bertz CT molecular complexity index is 573. The van der Waals surface area contributed by atoms with E-state index in [1.54, 1.807) is 7.11 Å². The van der Waals surface area contributed by atoms with Crippen LogP contribution in [0.1, 0.15) is 50.7 Å². The fourth-order valence-corrected chi connectivity index (χ4v) is 4.73. The summed E-state index contributed by atoms with van der Waals surface area (Å²) in [6.07, 6.45) is 5.61. The Morgan fingerprint density at radius 2 is 2.10 bits per heavy atom. The number of nitriles is 1. The number of nitrogens with zero attached hydrogens (tertiary/aromatic N) is 1. The topological polar surface area (TPSA) is 33.0 Å². The van der Waals surface area contributed by atoms with E-state index < -0.39 is 0 Å². The second-order valence-corrected chi connectivity index (χ2v) is 6.91. The molecule has 0 aromatic heterocycles. The van der Waals surface area contributed by atoms with Gasteiger partial charge in [0.15, 0.2) is 0 Å². The first-order valence-corrected chi connectivity index (χ1v) is 7.62. The minimum Gasteiger partial charge on any atom is -0.497 e. The van der Waals surface area contributed by atoms with E-state index >= 15 is 0 Å². The molecule has 0 N–H and O–H groups in total. The molecule has 2 aliphatic rings. The van der Waals surface area contributed by atoms with Crippen molar-refractivity contribution in [3.05, 3.63) is 29.3 Å². The SMILES string of the molecule is COc1ccc2c(c1)CCC1[C@@](C)(C#N)CCC[C@]21C. The van der Waals surface area contributed by atoms with Crippen LogP contribution in [0.2, 0.25) is 0 Å². The van der Waals surface area contributed by atoms with Crippen LogP contribution in [0.5, 0.6) is 5.75 Å². The number of rotatable bonds is 1. The molecule has 0 amide bonds. The van der Waals surface area contributed by atoms with Crippen molar-refractivity contribution in [3.63, 3.8) is 0 Å². The van der Waals surface area contributed by atoms with Crippen molar-refractivity contribution in [1.82, 2.24) is 0 Å². The van der Waals surface area contributed by atoms with Crippen LogP contribution < -0.4 is 4.74 Å². The van der Waals surface area contributed by atoms with Crippen LogP contribution >= 0.6 is 0 Å². The summed E-state index contributed by atoms with van der Waals surface area (Å²) < 4.78 is 5.36. The van der Waals surface area contributed by atoms with Gasteiger partial charge in [-0.05, 0) is 67.2 Å². The van der Waals surface area contributed by atoms with Gasteiger partial charge in [0, 0.05) is 0 Å². The average molecular weight is 269 g/mol. The molecule has 1 fully saturated rings. The van der Waals surface area contributed by atoms with Crippen LogP contribution in [-0.2, 0) is 11.8 Å². The normalized spacial score (nSPS) is 35.6. The van der Waals surface area contributed by atoms with Gasteiger partial charge in [0.1, 0.15) is 5.75 Å². The van der Waals surface area contributed by atoms with E-state index in [0.717, 1.165) is 31.4 Å². The lowest BCUT2D eigenvalue weighted by Gasteiger charge is -2.52. The van der Waals surface area contributed by atoms with Crippen molar-refractivity contribution in [3.8, 4) is 11.8 Å². The van der Waals surface area contributed by atoms with Gasteiger partial charge in [-0.3, -0.25) is 0 Å². The third-order valence-corrected chi connectivity index (χ3v) is 5.82. The molecule has 1 aromatic carbocycles. The molecule has 0 bridgehead atoms. The molecule has 2 heteroatoms. The van der Waals surface area contributed by atoms with E-state index in [1.165, 1.54) is 17.5 Å². The number of benzene rings is 1. The summed E-state index contributed by atoms with van der Waals surface area (Å²) in [7, 11) is 1.72. The van der Waals surface area contributed by atoms with Gasteiger partial charge in [-0.25, -0.2) is 0 Å². The molecule has 0 saturated heterocycles. The highest BCUT2D eigenvalue weighted by atomic mass is 16.5. The summed E-state index contributed by atoms with van der Waals surface area (Å²) in [5, 5.41) is 9.66. The highest BCUT2D eigenvalue weighted by molar-refractivity contribution is 5.43. The molecular weight excluding hydrogens is 246 g/mol. The maximum absolute atomic E-state index is 9.66. The van der Waals surface area contributed by atoms with Crippen molar-refractivity contribution < 1.29 is 4.74 Å². The highest BCUT2D eigenvalue weighted by Gasteiger charge is 2.52. The smallest absolute Gasteiger partial charge is 0.119 e. The lowest BCUT2D eigenvalue weighted by molar-refractivity contribution is 0.0687. The molecule has 106 valence electrons. The van der Waals surface area contributed by atoms with Gasteiger partial charge < -0.3 is 4.74 Å². The zero-order valence-electron chi connectivity index (χ0n) is 12.7. The number of hydrogen-bond acceptors (Lipinski definition) is 2. The second kappa shape index (κ2) is 4.52. The molecule has 0 radical (unpaired) electrons. The standard InChI is InChI=1S/C18H23NO/c1-17(12-19)9-4-10-18(2)15-7-6-14(20-3)11-13(15)5-8-16(17)18/h6-7,11,16H,4-5,8-10H2,1-3H3/t16?,17-,18-/m1/s1. The number of aryl methyl sites for hydroxylation is 1. The molecule has 2 nitrogen and oxygen atoms in total. The predicted molar refractivity (Wildman–Crippen MR) is 79.7 cm³/mol. The zero-order valence-corrected chi connectivity index (χ0v) is 12.7. The van der Waals surface area contributed by atoms with Gasteiger partial charge in [-0.15, -0.1) is 0 Å². The maximum Gasteiger partial charge on any atom is 0.119 e. The van der Waals surface area contributed by atoms with Gasteiger partial charge in [0.2, 0.25) is 0 Å². The van der Waals surface area contributed by atoms with E-state index in [0.29, 0.717) is 5.92 Å². The third kappa shape index (κ3) is 1.76. The van der Waals surface area contributed by atoms with Crippen molar-refractivity contribution >= 4 is 0 Å². The van der Waals surface area contributed by atoms with E-state index in [9.17, 15) is 5.26 Å². The molecule has 0 spiro atoms. The molecule has 3 rings (SSSR count). The van der Waals surface area contributed by atoms with E-state index in [2.05, 4.69) is 38.1 Å². The molecule has 3 atom stereocenters. The lowest BCUT2D eigenvalue weighted by atomic mass is 9.50. The summed E-state index contributed by atoms with van der Waals surface area (Å²) in [4.78, 5) is 0. The fraction of sp³-hybridized carbons (Fsp3) is 0.611. The molecule has 1 aromatic rings. The van der Waals surface area contributed by atoms with E-state index in [-0.39, 0.29) is 10.8 Å². The fourth-order valence-electron chi connectivity index (χ4n) is 4.73. The summed E-state index contributed by atoms with van der Waals surface area (Å²) in [5.41, 5.74) is 2.87. The largest absolute Gasteiger partial charge is 0.497 e. The predicted octanol–water partition coefficient (Wildman–Crippen LogP) is 4.23. The monoisotopic (exact) mass is 269 g/mol. The summed E-state index contributed by atoms with van der Waals surface area (Å²) in [5.74, 6) is 1.43. The van der Waals surface area contributed by atoms with Crippen molar-refractivity contribution in [2.75, 3.05) is 7.11 Å². The molecule has 20 heavy (non-hydrogen) atoms. The average Bonchev–Trinajstić information content (AvgIpc) is 2.46. The Kier molecular flexibility index (Phi) is 3.05. The summed E-state index contributed by atoms with van der Waals surface area (Å²) in [6.45, 7) is 4.54. The van der Waals surface area contributed by atoms with Gasteiger partial charge in [0.05, 0.1) is 18.6 Å². The van der Waals surface area contributed by atoms with Crippen LogP contribution in [0, 0.1) is 22.7 Å². The number of fused-ring (bicyclic) bond motifs is 3. The molecule has 0 heterocycles. The Hall–Kier alpha value is -1.49. The Balaban J connectivity index is 2.09. The minimum atomic E-state index is -0.162. The van der Waals surface area contributed by atoms with E-state index in [1.807, 2.05) is 0 Å². The molecule has 2 aliphatic carbocycles. The van der Waals surface area contributed by atoms with Crippen molar-refractivity contribution in [2.45, 2.75) is 51.4 Å². The lowest BCUT2D eigenvalue weighted by Crippen LogP contribution is -2.48. The van der Waals surface area contributed by atoms with Crippen LogP contribution in [0.4, 0.5) is 0 Å². The minimum absolute atomic E-state index is 0.155. The highest BCUT2D eigenvalue weighted by Crippen LogP contribution is 2.57. The van der Waals surface area contributed by atoms with Crippen molar-refractivity contribution in [2.24, 2.45) is 11.3 Å². The van der Waals surface area contributed by atoms with Crippen molar-refractivity contribution in [1.29, 1.82) is 5.26 Å². The molecular formula is C18H23NO. The summed E-state index contributed by atoms with van der Waals surface area (Å²) >= 11 is 0. The number of methoxy groups -OCH3 is 1. The Morgan fingerprint density at radius 3 is 2.80 bits per heavy atom. The van der Waals surface area contributed by atoms with Gasteiger partial charge in [-0.2, -0.15) is 5.26 Å².